The highest BCUT2D eigenvalue weighted by molar-refractivity contribution is 6.31. The summed E-state index contributed by atoms with van der Waals surface area (Å²) in [7, 11) is 0. The maximum absolute atomic E-state index is 11.5. The summed E-state index contributed by atoms with van der Waals surface area (Å²) in [6, 6.07) is 5.09. The number of fused-ring (bicyclic) bond motifs is 3. The van der Waals surface area contributed by atoms with Gasteiger partial charge in [-0.3, -0.25) is 14.9 Å². The lowest BCUT2D eigenvalue weighted by Gasteiger charge is -2.08. The van der Waals surface area contributed by atoms with Crippen LogP contribution in [-0.4, -0.2) is 11.8 Å². The smallest absolute Gasteiger partial charge is 0.293 e. The molecule has 1 aliphatic rings. The topological polar surface area (TPSA) is 59.3 Å². The van der Waals surface area contributed by atoms with Crippen LogP contribution in [0.3, 0.4) is 0 Å². The lowest BCUT2D eigenvalue weighted by Crippen LogP contribution is -2.36. The van der Waals surface area contributed by atoms with Gasteiger partial charge in [-0.15, -0.1) is 0 Å². The van der Waals surface area contributed by atoms with Crippen LogP contribution < -0.4 is 5.32 Å². The van der Waals surface area contributed by atoms with E-state index in [9.17, 15) is 9.59 Å². The number of nitrogens with one attached hydrogen (secondary N) is 1. The third-order valence-electron chi connectivity index (χ3n) is 2.55. The molecule has 0 radical (unpaired) electrons. The minimum atomic E-state index is -0.487. The van der Waals surface area contributed by atoms with Crippen LogP contribution in [0.1, 0.15) is 16.1 Å². The number of hydrogen-bond donors (Lipinski definition) is 1. The molecule has 2 heterocycles. The molecule has 0 saturated heterocycles. The Morgan fingerprint density at radius 2 is 2.12 bits per heavy atom. The van der Waals surface area contributed by atoms with E-state index in [0.717, 1.165) is 5.39 Å². The Kier molecular flexibility index (Phi) is 1.82. The Bertz CT molecular complexity index is 629. The molecule has 4 nitrogen and oxygen atoms in total. The second kappa shape index (κ2) is 3.09. The van der Waals surface area contributed by atoms with Crippen LogP contribution in [0.25, 0.3) is 11.0 Å². The van der Waals surface area contributed by atoms with Gasteiger partial charge in [-0.2, -0.15) is 0 Å². The van der Waals surface area contributed by atoms with Crippen molar-refractivity contribution in [3.8, 4) is 0 Å². The second-order valence-corrected chi connectivity index (χ2v) is 4.04. The van der Waals surface area contributed by atoms with Crippen LogP contribution in [0.5, 0.6) is 0 Å². The summed E-state index contributed by atoms with van der Waals surface area (Å²) in [4.78, 5) is 22.7. The molecule has 1 aromatic carbocycles. The number of halogens is 1. The Balaban J connectivity index is 2.34. The van der Waals surface area contributed by atoms with Gasteiger partial charge in [0.2, 0.25) is 5.91 Å². The van der Waals surface area contributed by atoms with Gasteiger partial charge >= 0.3 is 0 Å². The molecule has 0 aliphatic carbocycles. The molecule has 0 atom stereocenters. The SMILES string of the molecule is O=C1Cc2c(oc3cc(Cl)ccc23)C(=O)N1. The van der Waals surface area contributed by atoms with Crippen LogP contribution in [0.4, 0.5) is 0 Å². The Morgan fingerprint density at radius 3 is 2.94 bits per heavy atom. The molecule has 0 spiro atoms. The van der Waals surface area contributed by atoms with E-state index < -0.39 is 5.91 Å². The van der Waals surface area contributed by atoms with Gasteiger partial charge in [-0.1, -0.05) is 11.6 Å². The van der Waals surface area contributed by atoms with E-state index in [1.807, 2.05) is 0 Å². The molecule has 0 saturated carbocycles. The van der Waals surface area contributed by atoms with E-state index in [2.05, 4.69) is 5.32 Å². The normalized spacial score (nSPS) is 15.1. The average molecular weight is 236 g/mol. The first-order chi connectivity index (χ1) is 7.65. The van der Waals surface area contributed by atoms with Crippen molar-refractivity contribution in [2.24, 2.45) is 0 Å². The number of carbonyl (C=O) groups excluding carboxylic acids is 2. The van der Waals surface area contributed by atoms with Gasteiger partial charge in [0.05, 0.1) is 6.42 Å². The molecule has 5 heteroatoms. The van der Waals surface area contributed by atoms with E-state index in [1.54, 1.807) is 18.2 Å². The number of imide groups is 1. The number of furan rings is 1. The van der Waals surface area contributed by atoms with Gasteiger partial charge in [-0.05, 0) is 12.1 Å². The van der Waals surface area contributed by atoms with Crippen LogP contribution in [0.2, 0.25) is 5.02 Å². The van der Waals surface area contributed by atoms with Gasteiger partial charge in [0.1, 0.15) is 5.58 Å². The molecule has 16 heavy (non-hydrogen) atoms. The number of rotatable bonds is 0. The highest BCUT2D eigenvalue weighted by Crippen LogP contribution is 2.30. The number of amides is 2. The zero-order valence-corrected chi connectivity index (χ0v) is 8.80. The van der Waals surface area contributed by atoms with E-state index in [0.29, 0.717) is 16.2 Å². The van der Waals surface area contributed by atoms with E-state index in [1.165, 1.54) is 0 Å². The van der Waals surface area contributed by atoms with Crippen molar-refractivity contribution < 1.29 is 14.0 Å². The predicted octanol–water partition coefficient (Wildman–Crippen LogP) is 1.90. The zero-order chi connectivity index (χ0) is 11.3. The van der Waals surface area contributed by atoms with Gasteiger partial charge < -0.3 is 4.42 Å². The number of carbonyl (C=O) groups is 2. The number of hydrogen-bond acceptors (Lipinski definition) is 3. The largest absolute Gasteiger partial charge is 0.451 e. The van der Waals surface area contributed by atoms with Crippen molar-refractivity contribution in [2.75, 3.05) is 0 Å². The lowest BCUT2D eigenvalue weighted by molar-refractivity contribution is -0.119. The summed E-state index contributed by atoms with van der Waals surface area (Å²) in [5.74, 6) is -0.592. The van der Waals surface area contributed by atoms with E-state index >= 15 is 0 Å². The fraction of sp³-hybridized carbons (Fsp3) is 0.0909. The monoisotopic (exact) mass is 235 g/mol. The molecule has 0 unspecified atom stereocenters. The quantitative estimate of drug-likeness (QED) is 0.710. The summed E-state index contributed by atoms with van der Waals surface area (Å²) >= 11 is 5.82. The summed E-state index contributed by atoms with van der Waals surface area (Å²) in [6.07, 6.45) is 0.162. The lowest BCUT2D eigenvalue weighted by atomic mass is 10.0. The molecule has 2 aromatic rings. The van der Waals surface area contributed by atoms with Gasteiger partial charge in [0.15, 0.2) is 5.76 Å². The molecule has 3 rings (SSSR count). The molecule has 80 valence electrons. The first-order valence-corrected chi connectivity index (χ1v) is 5.08. The van der Waals surface area contributed by atoms with Crippen molar-refractivity contribution in [3.63, 3.8) is 0 Å². The van der Waals surface area contributed by atoms with Gasteiger partial charge in [0, 0.05) is 22.0 Å². The molecule has 1 aromatic heterocycles. The summed E-state index contributed by atoms with van der Waals surface area (Å²) in [5, 5.41) is 3.51. The third kappa shape index (κ3) is 1.23. The predicted molar refractivity (Wildman–Crippen MR) is 57.4 cm³/mol. The maximum Gasteiger partial charge on any atom is 0.293 e. The summed E-state index contributed by atoms with van der Waals surface area (Å²) < 4.78 is 5.38. The number of benzene rings is 1. The zero-order valence-electron chi connectivity index (χ0n) is 8.04. The molecule has 1 aliphatic heterocycles. The first kappa shape index (κ1) is 9.42. The Labute approximate surface area is 95.2 Å². The van der Waals surface area contributed by atoms with Gasteiger partial charge in [-0.25, -0.2) is 0 Å². The summed E-state index contributed by atoms with van der Waals surface area (Å²) in [5.41, 5.74) is 1.17. The van der Waals surface area contributed by atoms with Crippen LogP contribution in [0.15, 0.2) is 22.6 Å². The standard InChI is InChI=1S/C11H6ClNO3/c12-5-1-2-6-7-4-9(14)13-11(15)10(7)16-8(6)3-5/h1-3H,4H2,(H,13,14,15). The van der Waals surface area contributed by atoms with Crippen LogP contribution in [-0.2, 0) is 11.2 Å². The van der Waals surface area contributed by atoms with Crippen molar-refractivity contribution in [3.05, 3.63) is 34.5 Å². The fourth-order valence-electron chi connectivity index (χ4n) is 1.87. The van der Waals surface area contributed by atoms with Crippen molar-refractivity contribution in [1.29, 1.82) is 0 Å². The summed E-state index contributed by atoms with van der Waals surface area (Å²) in [6.45, 7) is 0. The van der Waals surface area contributed by atoms with Crippen molar-refractivity contribution in [2.45, 2.75) is 6.42 Å². The first-order valence-electron chi connectivity index (χ1n) is 4.70. The van der Waals surface area contributed by atoms with Gasteiger partial charge in [0.25, 0.3) is 5.91 Å². The Hall–Kier alpha value is -1.81. The van der Waals surface area contributed by atoms with Crippen molar-refractivity contribution >= 4 is 34.4 Å². The second-order valence-electron chi connectivity index (χ2n) is 3.60. The molecular weight excluding hydrogens is 230 g/mol. The third-order valence-corrected chi connectivity index (χ3v) is 2.79. The van der Waals surface area contributed by atoms with E-state index in [-0.39, 0.29) is 18.1 Å². The van der Waals surface area contributed by atoms with E-state index in [4.69, 9.17) is 16.0 Å². The highest BCUT2D eigenvalue weighted by atomic mass is 35.5. The average Bonchev–Trinajstić information content (AvgIpc) is 2.56. The highest BCUT2D eigenvalue weighted by Gasteiger charge is 2.28. The molecule has 2 amide bonds. The maximum atomic E-state index is 11.5. The molecular formula is C11H6ClNO3. The minimum absolute atomic E-state index is 0.162. The van der Waals surface area contributed by atoms with Crippen molar-refractivity contribution in [1.82, 2.24) is 5.32 Å². The fourth-order valence-corrected chi connectivity index (χ4v) is 2.03. The minimum Gasteiger partial charge on any atom is -0.451 e. The Morgan fingerprint density at radius 1 is 1.31 bits per heavy atom. The molecule has 1 N–H and O–H groups in total. The van der Waals surface area contributed by atoms with Crippen LogP contribution in [0, 0.1) is 0 Å². The van der Waals surface area contributed by atoms with Crippen LogP contribution >= 0.6 is 11.6 Å². The molecule has 0 bridgehead atoms. The molecule has 0 fully saturated rings.